The molecule has 0 amide bonds. The van der Waals surface area contributed by atoms with E-state index in [1.165, 1.54) is 0 Å². The molecule has 0 aliphatic carbocycles. The summed E-state index contributed by atoms with van der Waals surface area (Å²) in [6, 6.07) is 0. The van der Waals surface area contributed by atoms with Crippen LogP contribution in [0.25, 0.3) is 0 Å². The van der Waals surface area contributed by atoms with Crippen LogP contribution in [0.1, 0.15) is 0 Å². The largest absolute Gasteiger partial charge is 0.461 e. The lowest BCUT2D eigenvalue weighted by Crippen LogP contribution is -1.67. The summed E-state index contributed by atoms with van der Waals surface area (Å²) in [7, 11) is 0.284. The molecule has 0 fully saturated rings. The fourth-order valence-corrected chi connectivity index (χ4v) is 0.556. The SMILES string of the molecule is C1=COPN=C1.OO. The summed E-state index contributed by atoms with van der Waals surface area (Å²) < 4.78 is 8.49. The molecular weight excluding hydrogens is 129 g/mol. The smallest absolute Gasteiger partial charge is 0.195 e. The molecule has 1 unspecified atom stereocenters. The van der Waals surface area contributed by atoms with Crippen molar-refractivity contribution in [3.63, 3.8) is 0 Å². The summed E-state index contributed by atoms with van der Waals surface area (Å²) in [5.41, 5.74) is 0. The van der Waals surface area contributed by atoms with Crippen molar-refractivity contribution in [3.8, 4) is 0 Å². The Morgan fingerprint density at radius 1 is 1.50 bits per heavy atom. The first-order valence-electron chi connectivity index (χ1n) is 1.79. The molecule has 0 spiro atoms. The van der Waals surface area contributed by atoms with Crippen molar-refractivity contribution in [1.29, 1.82) is 0 Å². The van der Waals surface area contributed by atoms with Gasteiger partial charge in [0.15, 0.2) is 8.96 Å². The molecule has 0 bridgehead atoms. The van der Waals surface area contributed by atoms with Crippen LogP contribution < -0.4 is 0 Å². The average Bonchev–Trinajstić information content (AvgIpc) is 1.96. The molecule has 0 saturated carbocycles. The number of rotatable bonds is 0. The average molecular weight is 135 g/mol. The fraction of sp³-hybridized carbons (Fsp3) is 0. The lowest BCUT2D eigenvalue weighted by atomic mass is 10.7. The van der Waals surface area contributed by atoms with Gasteiger partial charge in [0.25, 0.3) is 0 Å². The zero-order valence-corrected chi connectivity index (χ0v) is 4.98. The highest BCUT2D eigenvalue weighted by Gasteiger charge is 1.76. The molecule has 1 rings (SSSR count). The van der Waals surface area contributed by atoms with E-state index in [0.717, 1.165) is 0 Å². The van der Waals surface area contributed by atoms with Gasteiger partial charge in [0.05, 0.1) is 6.26 Å². The Morgan fingerprint density at radius 3 is 2.38 bits per heavy atom. The van der Waals surface area contributed by atoms with Crippen LogP contribution >= 0.6 is 8.96 Å². The summed E-state index contributed by atoms with van der Waals surface area (Å²) in [6.45, 7) is 0. The summed E-state index contributed by atoms with van der Waals surface area (Å²) in [4.78, 5) is 0. The summed E-state index contributed by atoms with van der Waals surface area (Å²) >= 11 is 0. The molecule has 1 aliphatic heterocycles. The van der Waals surface area contributed by atoms with Crippen LogP contribution in [0.15, 0.2) is 17.1 Å². The van der Waals surface area contributed by atoms with Crippen molar-refractivity contribution in [2.75, 3.05) is 0 Å². The highest BCUT2D eigenvalue weighted by atomic mass is 31.1. The van der Waals surface area contributed by atoms with Crippen molar-refractivity contribution >= 4 is 15.2 Å². The molecule has 8 heavy (non-hydrogen) atoms. The van der Waals surface area contributed by atoms with Crippen molar-refractivity contribution in [1.82, 2.24) is 0 Å². The third kappa shape index (κ3) is 3.74. The fourth-order valence-electron chi connectivity index (χ4n) is 0.209. The van der Waals surface area contributed by atoms with E-state index in [-0.39, 0.29) is 8.96 Å². The maximum Gasteiger partial charge on any atom is 0.195 e. The van der Waals surface area contributed by atoms with Gasteiger partial charge in [-0.1, -0.05) is 0 Å². The van der Waals surface area contributed by atoms with Crippen LogP contribution in [-0.2, 0) is 4.52 Å². The number of hydrogen-bond donors (Lipinski definition) is 2. The monoisotopic (exact) mass is 135 g/mol. The van der Waals surface area contributed by atoms with Gasteiger partial charge < -0.3 is 4.52 Å². The van der Waals surface area contributed by atoms with Crippen LogP contribution in [0.2, 0.25) is 0 Å². The van der Waals surface area contributed by atoms with Crippen molar-refractivity contribution in [2.24, 2.45) is 4.76 Å². The molecule has 46 valence electrons. The standard InChI is InChI=1S/C3H4NOP.H2O2/c1-2-4-6-5-3-1;1-2/h1-3,6H;1-2H. The van der Waals surface area contributed by atoms with E-state index in [1.54, 1.807) is 18.6 Å². The quantitative estimate of drug-likeness (QED) is 0.297. The summed E-state index contributed by atoms with van der Waals surface area (Å²) in [5.74, 6) is 0. The molecule has 5 heteroatoms. The normalized spacial score (nSPS) is 16.8. The first-order chi connectivity index (χ1) is 4.00. The minimum atomic E-state index is 0.284. The first kappa shape index (κ1) is 7.56. The molecule has 0 radical (unpaired) electrons. The zero-order valence-electron chi connectivity index (χ0n) is 3.98. The minimum absolute atomic E-state index is 0.284. The van der Waals surface area contributed by atoms with E-state index < -0.39 is 0 Å². The van der Waals surface area contributed by atoms with Crippen LogP contribution in [0.3, 0.4) is 0 Å². The second-order valence-electron chi connectivity index (χ2n) is 0.816. The Balaban J connectivity index is 0.000000222. The van der Waals surface area contributed by atoms with Crippen molar-refractivity contribution in [3.05, 3.63) is 12.3 Å². The van der Waals surface area contributed by atoms with Gasteiger partial charge in [-0.05, 0) is 6.08 Å². The Kier molecular flexibility index (Phi) is 6.20. The predicted octanol–water partition coefficient (Wildman–Crippen LogP) is 1.13. The van der Waals surface area contributed by atoms with Crippen molar-refractivity contribution < 1.29 is 15.0 Å². The lowest BCUT2D eigenvalue weighted by Gasteiger charge is -1.93. The molecule has 2 N–H and O–H groups in total. The number of hydrogen-bond acceptors (Lipinski definition) is 4. The van der Waals surface area contributed by atoms with Gasteiger partial charge in [0, 0.05) is 6.21 Å². The molecular formula is C3H6NO3P. The topological polar surface area (TPSA) is 62.0 Å². The molecule has 4 nitrogen and oxygen atoms in total. The Hall–Kier alpha value is -0.440. The first-order valence-corrected chi connectivity index (χ1v) is 2.64. The van der Waals surface area contributed by atoms with E-state index in [9.17, 15) is 0 Å². The number of allylic oxidation sites excluding steroid dienone is 1. The molecule has 0 aromatic heterocycles. The van der Waals surface area contributed by atoms with Gasteiger partial charge in [-0.2, -0.15) is 0 Å². The minimum Gasteiger partial charge on any atom is -0.461 e. The molecule has 1 atom stereocenters. The number of nitrogens with zero attached hydrogens (tertiary/aromatic N) is 1. The molecule has 0 aromatic carbocycles. The molecule has 0 saturated heterocycles. The summed E-state index contributed by atoms with van der Waals surface area (Å²) in [6.07, 6.45) is 5.11. The highest BCUT2D eigenvalue weighted by molar-refractivity contribution is 7.31. The van der Waals surface area contributed by atoms with Crippen molar-refractivity contribution in [2.45, 2.75) is 0 Å². The van der Waals surface area contributed by atoms with E-state index in [2.05, 4.69) is 4.76 Å². The van der Waals surface area contributed by atoms with E-state index in [4.69, 9.17) is 15.0 Å². The second kappa shape index (κ2) is 6.56. The Labute approximate surface area is 48.4 Å². The van der Waals surface area contributed by atoms with Gasteiger partial charge in [-0.3, -0.25) is 10.5 Å². The van der Waals surface area contributed by atoms with E-state index in [0.29, 0.717) is 0 Å². The van der Waals surface area contributed by atoms with E-state index >= 15 is 0 Å². The predicted molar refractivity (Wildman–Crippen MR) is 32.3 cm³/mol. The molecule has 0 aromatic rings. The zero-order chi connectivity index (χ0) is 6.24. The summed E-state index contributed by atoms with van der Waals surface area (Å²) in [5, 5.41) is 12.0. The van der Waals surface area contributed by atoms with Gasteiger partial charge in [-0.15, -0.1) is 0 Å². The van der Waals surface area contributed by atoms with E-state index in [1.807, 2.05) is 0 Å². The van der Waals surface area contributed by atoms with Gasteiger partial charge in [-0.25, -0.2) is 4.76 Å². The second-order valence-corrected chi connectivity index (χ2v) is 1.49. The van der Waals surface area contributed by atoms with Crippen LogP contribution in [0, 0.1) is 0 Å². The Morgan fingerprint density at radius 2 is 2.25 bits per heavy atom. The third-order valence-corrected chi connectivity index (χ3v) is 0.909. The van der Waals surface area contributed by atoms with Gasteiger partial charge in [0.2, 0.25) is 0 Å². The van der Waals surface area contributed by atoms with Crippen LogP contribution in [-0.4, -0.2) is 16.7 Å². The van der Waals surface area contributed by atoms with Crippen LogP contribution in [0.5, 0.6) is 0 Å². The van der Waals surface area contributed by atoms with Gasteiger partial charge in [0.1, 0.15) is 0 Å². The third-order valence-electron chi connectivity index (χ3n) is 0.413. The maximum atomic E-state index is 6.00. The maximum absolute atomic E-state index is 6.00. The van der Waals surface area contributed by atoms with Crippen LogP contribution in [0.4, 0.5) is 0 Å². The lowest BCUT2D eigenvalue weighted by molar-refractivity contribution is -0.176. The highest BCUT2D eigenvalue weighted by Crippen LogP contribution is 2.14. The van der Waals surface area contributed by atoms with Gasteiger partial charge >= 0.3 is 0 Å². The molecule has 1 aliphatic rings. The Bertz CT molecular complexity index is 80.5. The molecule has 1 heterocycles.